The summed E-state index contributed by atoms with van der Waals surface area (Å²) < 4.78 is 14.0. The van der Waals surface area contributed by atoms with E-state index in [4.69, 9.17) is 0 Å². The first-order valence-corrected chi connectivity index (χ1v) is 5.34. The standard InChI is InChI=1S/C14H15F/c1-10(2)12-8-9-13(14(12)15)11-6-4-3-5-7-11/h3-7,9-10H,8H2,1-2H3. The number of halogens is 1. The molecule has 0 fully saturated rings. The lowest BCUT2D eigenvalue weighted by Crippen LogP contribution is -1.92. The van der Waals surface area contributed by atoms with Crippen LogP contribution in [0, 0.1) is 5.92 Å². The average molecular weight is 202 g/mol. The molecule has 0 saturated heterocycles. The van der Waals surface area contributed by atoms with Gasteiger partial charge in [-0.3, -0.25) is 0 Å². The van der Waals surface area contributed by atoms with Gasteiger partial charge in [0.15, 0.2) is 0 Å². The van der Waals surface area contributed by atoms with E-state index >= 15 is 0 Å². The van der Waals surface area contributed by atoms with Gasteiger partial charge in [-0.15, -0.1) is 0 Å². The minimum Gasteiger partial charge on any atom is -0.206 e. The number of benzene rings is 1. The Labute approximate surface area is 90.1 Å². The van der Waals surface area contributed by atoms with Crippen LogP contribution in [0.25, 0.3) is 5.57 Å². The average Bonchev–Trinajstić information content (AvgIpc) is 2.61. The predicted octanol–water partition coefficient (Wildman–Crippen LogP) is 4.35. The van der Waals surface area contributed by atoms with Crippen LogP contribution in [0.1, 0.15) is 25.8 Å². The smallest absolute Gasteiger partial charge is 0.130 e. The summed E-state index contributed by atoms with van der Waals surface area (Å²) >= 11 is 0. The fourth-order valence-electron chi connectivity index (χ4n) is 1.92. The second kappa shape index (κ2) is 4.01. The van der Waals surface area contributed by atoms with E-state index in [1.165, 1.54) is 0 Å². The van der Waals surface area contributed by atoms with Crippen molar-refractivity contribution in [1.29, 1.82) is 0 Å². The Kier molecular flexibility index (Phi) is 2.72. The molecule has 1 aliphatic carbocycles. The van der Waals surface area contributed by atoms with Crippen molar-refractivity contribution in [2.45, 2.75) is 20.3 Å². The van der Waals surface area contributed by atoms with E-state index in [0.717, 1.165) is 23.1 Å². The van der Waals surface area contributed by atoms with Crippen LogP contribution in [0.4, 0.5) is 4.39 Å². The minimum absolute atomic E-state index is 0.0174. The lowest BCUT2D eigenvalue weighted by molar-refractivity contribution is 0.626. The van der Waals surface area contributed by atoms with Crippen LogP contribution >= 0.6 is 0 Å². The van der Waals surface area contributed by atoms with Gasteiger partial charge in [0.05, 0.1) is 0 Å². The van der Waals surface area contributed by atoms with Crippen LogP contribution in [0.2, 0.25) is 0 Å². The first kappa shape index (κ1) is 10.2. The molecular formula is C14H15F. The third-order valence-corrected chi connectivity index (χ3v) is 2.83. The maximum atomic E-state index is 14.0. The van der Waals surface area contributed by atoms with Crippen LogP contribution < -0.4 is 0 Å². The van der Waals surface area contributed by atoms with E-state index < -0.39 is 0 Å². The van der Waals surface area contributed by atoms with E-state index in [2.05, 4.69) is 0 Å². The number of rotatable bonds is 2. The SMILES string of the molecule is CC(C)C1=C(F)C(c2ccccc2)=CC1. The molecule has 0 spiro atoms. The molecule has 0 nitrogen and oxygen atoms in total. The van der Waals surface area contributed by atoms with Gasteiger partial charge in [0.1, 0.15) is 5.83 Å². The molecule has 0 heterocycles. The third-order valence-electron chi connectivity index (χ3n) is 2.83. The molecule has 0 N–H and O–H groups in total. The molecule has 0 amide bonds. The van der Waals surface area contributed by atoms with Crippen LogP contribution in [0.15, 0.2) is 47.8 Å². The van der Waals surface area contributed by atoms with E-state index in [0.29, 0.717) is 5.92 Å². The van der Waals surface area contributed by atoms with Crippen molar-refractivity contribution >= 4 is 5.57 Å². The summed E-state index contributed by atoms with van der Waals surface area (Å²) in [5.74, 6) is 0.277. The summed E-state index contributed by atoms with van der Waals surface area (Å²) in [7, 11) is 0. The summed E-state index contributed by atoms with van der Waals surface area (Å²) in [4.78, 5) is 0. The van der Waals surface area contributed by atoms with Gasteiger partial charge < -0.3 is 0 Å². The van der Waals surface area contributed by atoms with Crippen molar-refractivity contribution in [2.75, 3.05) is 0 Å². The van der Waals surface area contributed by atoms with Crippen molar-refractivity contribution in [3.8, 4) is 0 Å². The summed E-state index contributed by atoms with van der Waals surface area (Å²) in [5, 5.41) is 0. The van der Waals surface area contributed by atoms with Crippen molar-refractivity contribution in [1.82, 2.24) is 0 Å². The Balaban J connectivity index is 2.35. The Morgan fingerprint density at radius 1 is 1.13 bits per heavy atom. The van der Waals surface area contributed by atoms with Gasteiger partial charge in [-0.1, -0.05) is 50.3 Å². The molecule has 1 aliphatic rings. The van der Waals surface area contributed by atoms with Gasteiger partial charge in [0.25, 0.3) is 0 Å². The van der Waals surface area contributed by atoms with Crippen molar-refractivity contribution in [2.24, 2.45) is 5.92 Å². The number of allylic oxidation sites excluding steroid dienone is 4. The maximum absolute atomic E-state index is 14.0. The van der Waals surface area contributed by atoms with E-state index in [9.17, 15) is 4.39 Å². The van der Waals surface area contributed by atoms with Crippen LogP contribution in [0.5, 0.6) is 0 Å². The molecule has 0 bridgehead atoms. The third kappa shape index (κ3) is 1.87. The molecule has 0 saturated carbocycles. The fourth-order valence-corrected chi connectivity index (χ4v) is 1.92. The second-order valence-corrected chi connectivity index (χ2v) is 4.18. The van der Waals surface area contributed by atoms with Crippen molar-refractivity contribution in [3.63, 3.8) is 0 Å². The predicted molar refractivity (Wildman–Crippen MR) is 62.0 cm³/mol. The van der Waals surface area contributed by atoms with E-state index in [-0.39, 0.29) is 5.83 Å². The minimum atomic E-state index is -0.0174. The van der Waals surface area contributed by atoms with Crippen LogP contribution in [0.3, 0.4) is 0 Å². The Hall–Kier alpha value is -1.37. The number of hydrogen-bond acceptors (Lipinski definition) is 0. The lowest BCUT2D eigenvalue weighted by Gasteiger charge is -2.06. The van der Waals surface area contributed by atoms with Gasteiger partial charge in [-0.05, 0) is 23.5 Å². The Morgan fingerprint density at radius 3 is 2.33 bits per heavy atom. The van der Waals surface area contributed by atoms with Gasteiger partial charge in [0.2, 0.25) is 0 Å². The summed E-state index contributed by atoms with van der Waals surface area (Å²) in [5.41, 5.74) is 2.67. The maximum Gasteiger partial charge on any atom is 0.130 e. The zero-order chi connectivity index (χ0) is 10.8. The van der Waals surface area contributed by atoms with Gasteiger partial charge >= 0.3 is 0 Å². The van der Waals surface area contributed by atoms with E-state index in [1.54, 1.807) is 0 Å². The molecule has 0 atom stereocenters. The molecule has 1 heteroatoms. The second-order valence-electron chi connectivity index (χ2n) is 4.18. The molecule has 0 radical (unpaired) electrons. The highest BCUT2D eigenvalue weighted by molar-refractivity contribution is 5.80. The zero-order valence-corrected chi connectivity index (χ0v) is 9.13. The van der Waals surface area contributed by atoms with Gasteiger partial charge in [0, 0.05) is 5.57 Å². The zero-order valence-electron chi connectivity index (χ0n) is 9.13. The van der Waals surface area contributed by atoms with Crippen molar-refractivity contribution in [3.05, 3.63) is 53.4 Å². The first-order chi connectivity index (χ1) is 7.20. The van der Waals surface area contributed by atoms with Crippen molar-refractivity contribution < 1.29 is 4.39 Å². The summed E-state index contributed by atoms with van der Waals surface area (Å²) in [6, 6.07) is 9.74. The quantitative estimate of drug-likeness (QED) is 0.668. The Morgan fingerprint density at radius 2 is 1.80 bits per heavy atom. The van der Waals surface area contributed by atoms with Crippen LogP contribution in [-0.4, -0.2) is 0 Å². The normalized spacial score (nSPS) is 16.1. The molecular weight excluding hydrogens is 187 g/mol. The lowest BCUT2D eigenvalue weighted by atomic mass is 10.0. The molecule has 15 heavy (non-hydrogen) atoms. The summed E-state index contributed by atoms with van der Waals surface area (Å²) in [6.07, 6.45) is 2.74. The topological polar surface area (TPSA) is 0 Å². The summed E-state index contributed by atoms with van der Waals surface area (Å²) in [6.45, 7) is 4.08. The largest absolute Gasteiger partial charge is 0.206 e. The fraction of sp³-hybridized carbons (Fsp3) is 0.286. The highest BCUT2D eigenvalue weighted by Crippen LogP contribution is 2.37. The molecule has 0 aromatic heterocycles. The monoisotopic (exact) mass is 202 g/mol. The highest BCUT2D eigenvalue weighted by atomic mass is 19.1. The van der Waals surface area contributed by atoms with Gasteiger partial charge in [-0.25, -0.2) is 4.39 Å². The van der Waals surface area contributed by atoms with Crippen LogP contribution in [-0.2, 0) is 0 Å². The molecule has 0 aliphatic heterocycles. The molecule has 1 aromatic carbocycles. The van der Waals surface area contributed by atoms with Gasteiger partial charge in [-0.2, -0.15) is 0 Å². The number of hydrogen-bond donors (Lipinski definition) is 0. The molecule has 0 unspecified atom stereocenters. The first-order valence-electron chi connectivity index (χ1n) is 5.34. The Bertz CT molecular complexity index is 410. The van der Waals surface area contributed by atoms with E-state index in [1.807, 2.05) is 50.3 Å². The highest BCUT2D eigenvalue weighted by Gasteiger charge is 2.20. The molecule has 2 rings (SSSR count). The molecule has 78 valence electrons. The molecule has 1 aromatic rings.